The molecule has 0 aliphatic heterocycles. The highest BCUT2D eigenvalue weighted by atomic mass is 32.1. The molecule has 1 unspecified atom stereocenters. The van der Waals surface area contributed by atoms with Crippen molar-refractivity contribution in [1.82, 2.24) is 5.32 Å². The van der Waals surface area contributed by atoms with Gasteiger partial charge in [0.15, 0.2) is 0 Å². The predicted octanol–water partition coefficient (Wildman–Crippen LogP) is -0.576. The maximum Gasteiger partial charge on any atom is 0.249 e. The Balaban J connectivity index is 3.60. The van der Waals surface area contributed by atoms with E-state index in [0.717, 1.165) is 0 Å². The van der Waals surface area contributed by atoms with Gasteiger partial charge in [-0.3, -0.25) is 4.79 Å². The summed E-state index contributed by atoms with van der Waals surface area (Å²) in [5.74, 6) is -0.208. The topological polar surface area (TPSA) is 64.3 Å². The minimum atomic E-state index is -0.454. The Hall–Kier alpha value is -0.680. The minimum Gasteiger partial charge on any atom is -0.392 e. The van der Waals surface area contributed by atoms with Crippen LogP contribution in [0.5, 0.6) is 0 Å². The van der Waals surface area contributed by atoms with Gasteiger partial charge in [-0.15, -0.1) is 0 Å². The molecule has 0 aliphatic carbocycles. The van der Waals surface area contributed by atoms with Crippen LogP contribution in [0.3, 0.4) is 0 Å². The van der Waals surface area contributed by atoms with Crippen LogP contribution in [0.25, 0.3) is 0 Å². The molecule has 3 N–H and O–H groups in total. The summed E-state index contributed by atoms with van der Waals surface area (Å²) in [5, 5.41) is 2.50. The van der Waals surface area contributed by atoms with Gasteiger partial charge in [0.1, 0.15) is 6.10 Å². The Morgan fingerprint density at radius 2 is 2.36 bits per heavy atom. The van der Waals surface area contributed by atoms with Gasteiger partial charge in [-0.2, -0.15) is 0 Å². The van der Waals surface area contributed by atoms with Gasteiger partial charge in [-0.1, -0.05) is 12.2 Å². The van der Waals surface area contributed by atoms with Gasteiger partial charge in [-0.25, -0.2) is 0 Å². The molecule has 1 atom stereocenters. The average molecular weight is 176 g/mol. The van der Waals surface area contributed by atoms with E-state index in [9.17, 15) is 4.79 Å². The first-order valence-corrected chi connectivity index (χ1v) is 3.57. The van der Waals surface area contributed by atoms with E-state index in [4.69, 9.17) is 10.5 Å². The summed E-state index contributed by atoms with van der Waals surface area (Å²) in [5.41, 5.74) is 5.16. The van der Waals surface area contributed by atoms with Crippen LogP contribution in [0, 0.1) is 0 Å². The van der Waals surface area contributed by atoms with Crippen molar-refractivity contribution in [3.05, 3.63) is 0 Å². The summed E-state index contributed by atoms with van der Waals surface area (Å²) < 4.78 is 4.75. The number of nitrogens with two attached hydrogens (primary N) is 1. The van der Waals surface area contributed by atoms with Crippen LogP contribution in [0.4, 0.5) is 0 Å². The zero-order valence-corrected chi connectivity index (χ0v) is 7.40. The lowest BCUT2D eigenvalue weighted by Crippen LogP contribution is -2.38. The number of hydrogen-bond donors (Lipinski definition) is 2. The van der Waals surface area contributed by atoms with Crippen molar-refractivity contribution >= 4 is 23.1 Å². The minimum absolute atomic E-state index is 0.208. The maximum atomic E-state index is 10.9. The second-order valence-corrected chi connectivity index (χ2v) is 2.59. The largest absolute Gasteiger partial charge is 0.392 e. The van der Waals surface area contributed by atoms with E-state index in [2.05, 4.69) is 17.5 Å². The molecule has 11 heavy (non-hydrogen) atoms. The fourth-order valence-electron chi connectivity index (χ4n) is 0.425. The number of carbonyl (C=O) groups excluding carboxylic acids is 1. The number of carbonyl (C=O) groups is 1. The molecule has 4 nitrogen and oxygen atoms in total. The number of thiocarbonyl (C=S) groups is 1. The van der Waals surface area contributed by atoms with E-state index in [1.807, 2.05) is 0 Å². The third-order valence-electron chi connectivity index (χ3n) is 1.16. The van der Waals surface area contributed by atoms with Crippen LogP contribution >= 0.6 is 12.2 Å². The highest BCUT2D eigenvalue weighted by Gasteiger charge is 2.09. The summed E-state index contributed by atoms with van der Waals surface area (Å²) in [4.78, 5) is 11.2. The molecule has 1 amide bonds. The van der Waals surface area contributed by atoms with E-state index < -0.39 is 6.10 Å². The summed E-state index contributed by atoms with van der Waals surface area (Å²) in [6.07, 6.45) is -0.454. The number of rotatable bonds is 4. The van der Waals surface area contributed by atoms with E-state index >= 15 is 0 Å². The molecule has 0 saturated heterocycles. The number of nitrogens with one attached hydrogen (secondary N) is 1. The maximum absolute atomic E-state index is 10.9. The van der Waals surface area contributed by atoms with Gasteiger partial charge in [-0.05, 0) is 6.92 Å². The molecule has 0 saturated carbocycles. The molecular weight excluding hydrogens is 164 g/mol. The van der Waals surface area contributed by atoms with Crippen LogP contribution in [-0.4, -0.2) is 30.7 Å². The van der Waals surface area contributed by atoms with Crippen molar-refractivity contribution in [3.8, 4) is 0 Å². The van der Waals surface area contributed by atoms with Crippen molar-refractivity contribution in [3.63, 3.8) is 0 Å². The molecule has 64 valence electrons. The summed E-state index contributed by atoms with van der Waals surface area (Å²) in [7, 11) is 1.46. The van der Waals surface area contributed by atoms with E-state index in [0.29, 0.717) is 0 Å². The van der Waals surface area contributed by atoms with E-state index in [1.165, 1.54) is 7.11 Å². The van der Waals surface area contributed by atoms with E-state index in [-0.39, 0.29) is 17.4 Å². The molecule has 0 heterocycles. The first-order chi connectivity index (χ1) is 5.07. The monoisotopic (exact) mass is 176 g/mol. The lowest BCUT2D eigenvalue weighted by atomic mass is 10.4. The molecule has 0 aromatic rings. The second kappa shape index (κ2) is 5.03. The molecule has 5 heteroatoms. The normalized spacial score (nSPS) is 12.2. The Morgan fingerprint density at radius 1 is 1.82 bits per heavy atom. The van der Waals surface area contributed by atoms with Crippen LogP contribution in [0.15, 0.2) is 0 Å². The molecular formula is C6H12N2O2S. The molecule has 0 spiro atoms. The summed E-state index contributed by atoms with van der Waals surface area (Å²) >= 11 is 4.56. The lowest BCUT2D eigenvalue weighted by Gasteiger charge is -2.08. The van der Waals surface area contributed by atoms with Crippen LogP contribution in [-0.2, 0) is 9.53 Å². The first-order valence-electron chi connectivity index (χ1n) is 3.16. The predicted molar refractivity (Wildman–Crippen MR) is 46.3 cm³/mol. The number of amides is 1. The highest BCUT2D eigenvalue weighted by Crippen LogP contribution is 1.85. The second-order valence-electron chi connectivity index (χ2n) is 2.06. The van der Waals surface area contributed by atoms with Crippen LogP contribution < -0.4 is 11.1 Å². The molecule has 0 bridgehead atoms. The molecule has 0 aliphatic rings. The van der Waals surface area contributed by atoms with Crippen LogP contribution in [0.1, 0.15) is 6.92 Å². The first kappa shape index (κ1) is 10.3. The molecule has 0 rings (SSSR count). The SMILES string of the molecule is COC(C)C(=O)NCC(N)=S. The van der Waals surface area contributed by atoms with Crippen molar-refractivity contribution < 1.29 is 9.53 Å². The Kier molecular flexibility index (Phi) is 4.72. The molecule has 0 aromatic heterocycles. The van der Waals surface area contributed by atoms with Gasteiger partial charge in [0, 0.05) is 7.11 Å². The van der Waals surface area contributed by atoms with Crippen molar-refractivity contribution in [2.45, 2.75) is 13.0 Å². The smallest absolute Gasteiger partial charge is 0.249 e. The Morgan fingerprint density at radius 3 is 2.73 bits per heavy atom. The van der Waals surface area contributed by atoms with Gasteiger partial charge in [0.25, 0.3) is 0 Å². The third kappa shape index (κ3) is 4.69. The Bertz CT molecular complexity index is 161. The summed E-state index contributed by atoms with van der Waals surface area (Å²) in [6, 6.07) is 0. The van der Waals surface area contributed by atoms with Crippen molar-refractivity contribution in [2.75, 3.05) is 13.7 Å². The summed E-state index contributed by atoms with van der Waals surface area (Å²) in [6.45, 7) is 1.87. The zero-order chi connectivity index (χ0) is 8.85. The molecule has 0 fully saturated rings. The standard InChI is InChI=1S/C6H12N2O2S/c1-4(10-2)6(9)8-3-5(7)11/h4H,3H2,1-2H3,(H2,7,11)(H,8,9). The third-order valence-corrected chi connectivity index (χ3v) is 1.30. The zero-order valence-electron chi connectivity index (χ0n) is 6.59. The van der Waals surface area contributed by atoms with Crippen molar-refractivity contribution in [2.24, 2.45) is 5.73 Å². The molecule has 0 radical (unpaired) electrons. The number of ether oxygens (including phenoxy) is 1. The Labute approximate surface area is 71.1 Å². The fraction of sp³-hybridized carbons (Fsp3) is 0.667. The lowest BCUT2D eigenvalue weighted by molar-refractivity contribution is -0.129. The van der Waals surface area contributed by atoms with Gasteiger partial charge >= 0.3 is 0 Å². The molecule has 0 aromatic carbocycles. The van der Waals surface area contributed by atoms with Crippen LogP contribution in [0.2, 0.25) is 0 Å². The highest BCUT2D eigenvalue weighted by molar-refractivity contribution is 7.80. The average Bonchev–Trinajstić information content (AvgIpc) is 1.98. The number of hydrogen-bond acceptors (Lipinski definition) is 3. The van der Waals surface area contributed by atoms with Gasteiger partial charge in [0.05, 0.1) is 11.5 Å². The van der Waals surface area contributed by atoms with E-state index in [1.54, 1.807) is 6.92 Å². The van der Waals surface area contributed by atoms with Gasteiger partial charge in [0.2, 0.25) is 5.91 Å². The van der Waals surface area contributed by atoms with Crippen molar-refractivity contribution in [1.29, 1.82) is 0 Å². The number of methoxy groups -OCH3 is 1. The van der Waals surface area contributed by atoms with Gasteiger partial charge < -0.3 is 15.8 Å². The quantitative estimate of drug-likeness (QED) is 0.563. The fourth-order valence-corrected chi connectivity index (χ4v) is 0.497.